The molecule has 7 heteroatoms. The van der Waals surface area contributed by atoms with Crippen molar-refractivity contribution >= 4 is 11.8 Å². The van der Waals surface area contributed by atoms with Gasteiger partial charge < -0.3 is 15.0 Å². The highest BCUT2D eigenvalue weighted by Crippen LogP contribution is 2.29. The van der Waals surface area contributed by atoms with E-state index in [0.29, 0.717) is 13.0 Å². The Hall–Kier alpha value is -2.12. The van der Waals surface area contributed by atoms with Gasteiger partial charge in [0.1, 0.15) is 11.8 Å². The van der Waals surface area contributed by atoms with Crippen molar-refractivity contribution in [2.45, 2.75) is 57.8 Å². The van der Waals surface area contributed by atoms with Crippen LogP contribution in [0.4, 0.5) is 0 Å². The lowest BCUT2D eigenvalue weighted by atomic mass is 10.0. The van der Waals surface area contributed by atoms with E-state index >= 15 is 0 Å². The summed E-state index contributed by atoms with van der Waals surface area (Å²) in [6.07, 6.45) is 2.26. The third-order valence-electron chi connectivity index (χ3n) is 6.70. The first-order chi connectivity index (χ1) is 14.5. The van der Waals surface area contributed by atoms with Crippen molar-refractivity contribution in [3.63, 3.8) is 0 Å². The number of fused-ring (bicyclic) bond motifs is 1. The van der Waals surface area contributed by atoms with Gasteiger partial charge in [-0.2, -0.15) is 0 Å². The molecule has 2 aliphatic heterocycles. The van der Waals surface area contributed by atoms with Gasteiger partial charge in [0.25, 0.3) is 0 Å². The SMILES string of the molecule is CCN(CC)C(=O)CCC1CNC(=O)C2C(CCN2Cc2ccc(OC)cc2)N1C. The minimum Gasteiger partial charge on any atom is -0.497 e. The third kappa shape index (κ3) is 4.95. The number of amides is 2. The van der Waals surface area contributed by atoms with E-state index in [1.165, 1.54) is 5.56 Å². The molecule has 2 saturated heterocycles. The molecule has 0 radical (unpaired) electrons. The van der Waals surface area contributed by atoms with E-state index in [9.17, 15) is 9.59 Å². The zero-order valence-corrected chi connectivity index (χ0v) is 18.8. The molecule has 0 aliphatic carbocycles. The second-order valence-corrected chi connectivity index (χ2v) is 8.29. The van der Waals surface area contributed by atoms with Gasteiger partial charge in [0.15, 0.2) is 0 Å². The Morgan fingerprint density at radius 3 is 2.57 bits per heavy atom. The number of hydrogen-bond acceptors (Lipinski definition) is 5. The van der Waals surface area contributed by atoms with Gasteiger partial charge >= 0.3 is 0 Å². The van der Waals surface area contributed by atoms with Crippen LogP contribution in [0.5, 0.6) is 5.75 Å². The normalized spacial score (nSPS) is 24.8. The summed E-state index contributed by atoms with van der Waals surface area (Å²) in [4.78, 5) is 31.9. The number of nitrogens with one attached hydrogen (secondary N) is 1. The van der Waals surface area contributed by atoms with Crippen LogP contribution in [0.15, 0.2) is 24.3 Å². The van der Waals surface area contributed by atoms with Gasteiger partial charge in [-0.3, -0.25) is 19.4 Å². The number of carbonyl (C=O) groups excluding carboxylic acids is 2. The Kier molecular flexibility index (Phi) is 7.72. The Morgan fingerprint density at radius 2 is 1.93 bits per heavy atom. The van der Waals surface area contributed by atoms with Crippen molar-refractivity contribution in [2.75, 3.05) is 40.3 Å². The fraction of sp³-hybridized carbons (Fsp3) is 0.652. The molecule has 2 fully saturated rings. The molecule has 3 rings (SSSR count). The van der Waals surface area contributed by atoms with Crippen LogP contribution in [0.3, 0.4) is 0 Å². The molecule has 3 atom stereocenters. The smallest absolute Gasteiger partial charge is 0.239 e. The van der Waals surface area contributed by atoms with E-state index in [-0.39, 0.29) is 29.9 Å². The van der Waals surface area contributed by atoms with Crippen LogP contribution < -0.4 is 10.1 Å². The first kappa shape index (κ1) is 22.6. The minimum atomic E-state index is -0.152. The minimum absolute atomic E-state index is 0.107. The summed E-state index contributed by atoms with van der Waals surface area (Å²) in [6, 6.07) is 8.26. The van der Waals surface area contributed by atoms with Gasteiger partial charge in [-0.05, 0) is 51.4 Å². The lowest BCUT2D eigenvalue weighted by Crippen LogP contribution is -2.49. The summed E-state index contributed by atoms with van der Waals surface area (Å²) < 4.78 is 5.24. The Morgan fingerprint density at radius 1 is 1.23 bits per heavy atom. The van der Waals surface area contributed by atoms with Crippen molar-refractivity contribution in [1.82, 2.24) is 20.0 Å². The molecule has 2 amide bonds. The van der Waals surface area contributed by atoms with Crippen LogP contribution in [0.2, 0.25) is 0 Å². The lowest BCUT2D eigenvalue weighted by Gasteiger charge is -2.33. The van der Waals surface area contributed by atoms with Crippen LogP contribution in [0.25, 0.3) is 0 Å². The monoisotopic (exact) mass is 416 g/mol. The first-order valence-corrected chi connectivity index (χ1v) is 11.1. The second-order valence-electron chi connectivity index (χ2n) is 8.29. The van der Waals surface area contributed by atoms with Crippen molar-refractivity contribution in [3.05, 3.63) is 29.8 Å². The summed E-state index contributed by atoms with van der Waals surface area (Å²) >= 11 is 0. The van der Waals surface area contributed by atoms with Crippen LogP contribution in [0.1, 0.15) is 38.7 Å². The molecule has 0 spiro atoms. The molecule has 30 heavy (non-hydrogen) atoms. The summed E-state index contributed by atoms with van der Waals surface area (Å²) in [5.74, 6) is 1.15. The van der Waals surface area contributed by atoms with E-state index in [0.717, 1.165) is 44.8 Å². The van der Waals surface area contributed by atoms with E-state index in [4.69, 9.17) is 4.74 Å². The maximum Gasteiger partial charge on any atom is 0.239 e. The maximum atomic E-state index is 13.0. The second kappa shape index (κ2) is 10.3. The summed E-state index contributed by atoms with van der Waals surface area (Å²) in [6.45, 7) is 7.76. The molecule has 0 aromatic heterocycles. The Bertz CT molecular complexity index is 720. The number of ether oxygens (including phenoxy) is 1. The van der Waals surface area contributed by atoms with Crippen molar-refractivity contribution < 1.29 is 14.3 Å². The van der Waals surface area contributed by atoms with E-state index < -0.39 is 0 Å². The highest BCUT2D eigenvalue weighted by molar-refractivity contribution is 5.83. The zero-order chi connectivity index (χ0) is 21.7. The molecule has 2 aliphatic rings. The average Bonchev–Trinajstić information content (AvgIpc) is 3.13. The molecular formula is C23H36N4O3. The number of nitrogens with zero attached hydrogens (tertiary/aromatic N) is 3. The number of carbonyl (C=O) groups is 2. The predicted octanol–water partition coefficient (Wildman–Crippen LogP) is 1.72. The van der Waals surface area contributed by atoms with Gasteiger partial charge in [0, 0.05) is 51.2 Å². The van der Waals surface area contributed by atoms with Gasteiger partial charge in [-0.1, -0.05) is 12.1 Å². The molecule has 1 aromatic carbocycles. The molecule has 1 N–H and O–H groups in total. The number of hydrogen-bond donors (Lipinski definition) is 1. The van der Waals surface area contributed by atoms with Gasteiger partial charge in [0.05, 0.1) is 7.11 Å². The highest BCUT2D eigenvalue weighted by Gasteiger charge is 2.44. The van der Waals surface area contributed by atoms with Crippen LogP contribution >= 0.6 is 0 Å². The maximum absolute atomic E-state index is 13.0. The summed E-state index contributed by atoms with van der Waals surface area (Å²) in [7, 11) is 3.78. The van der Waals surface area contributed by atoms with Crippen molar-refractivity contribution in [3.8, 4) is 5.75 Å². The first-order valence-electron chi connectivity index (χ1n) is 11.1. The lowest BCUT2D eigenvalue weighted by molar-refractivity contribution is -0.131. The Labute approximate surface area is 180 Å². The number of likely N-dealkylation sites (tertiary alicyclic amines) is 1. The molecule has 166 valence electrons. The van der Waals surface area contributed by atoms with E-state index in [1.54, 1.807) is 7.11 Å². The number of rotatable bonds is 8. The number of likely N-dealkylation sites (N-methyl/N-ethyl adjacent to an activating group) is 1. The quantitative estimate of drug-likeness (QED) is 0.699. The Balaban J connectivity index is 1.64. The molecule has 0 bridgehead atoms. The number of methoxy groups -OCH3 is 1. The summed E-state index contributed by atoms with van der Waals surface area (Å²) in [5.41, 5.74) is 1.18. The molecule has 2 heterocycles. The molecule has 1 aromatic rings. The molecular weight excluding hydrogens is 380 g/mol. The summed E-state index contributed by atoms with van der Waals surface area (Å²) in [5, 5.41) is 3.14. The standard InChI is InChI=1S/C23H36N4O3/c1-5-26(6-2)21(28)12-9-18-15-24-23(29)22-20(25(18)3)13-14-27(22)16-17-7-10-19(30-4)11-8-17/h7-8,10-11,18,20,22H,5-6,9,12-16H2,1-4H3,(H,24,29). The molecule has 0 saturated carbocycles. The van der Waals surface area contributed by atoms with Gasteiger partial charge in [-0.25, -0.2) is 0 Å². The molecule has 7 nitrogen and oxygen atoms in total. The van der Waals surface area contributed by atoms with Crippen molar-refractivity contribution in [1.29, 1.82) is 0 Å². The van der Waals surface area contributed by atoms with Gasteiger partial charge in [-0.15, -0.1) is 0 Å². The van der Waals surface area contributed by atoms with E-state index in [2.05, 4.69) is 34.3 Å². The predicted molar refractivity (Wildman–Crippen MR) is 117 cm³/mol. The van der Waals surface area contributed by atoms with Crippen molar-refractivity contribution in [2.24, 2.45) is 0 Å². The highest BCUT2D eigenvalue weighted by atomic mass is 16.5. The number of benzene rings is 1. The zero-order valence-electron chi connectivity index (χ0n) is 18.8. The van der Waals surface area contributed by atoms with Crippen LogP contribution in [-0.4, -0.2) is 85.0 Å². The fourth-order valence-electron chi connectivity index (χ4n) is 4.82. The van der Waals surface area contributed by atoms with Crippen LogP contribution in [0, 0.1) is 0 Å². The third-order valence-corrected chi connectivity index (χ3v) is 6.70. The van der Waals surface area contributed by atoms with Crippen LogP contribution in [-0.2, 0) is 16.1 Å². The van der Waals surface area contributed by atoms with Gasteiger partial charge in [0.2, 0.25) is 11.8 Å². The average molecular weight is 417 g/mol. The van der Waals surface area contributed by atoms with E-state index in [1.807, 2.05) is 30.9 Å². The fourth-order valence-corrected chi connectivity index (χ4v) is 4.82. The topological polar surface area (TPSA) is 65.1 Å². The largest absolute Gasteiger partial charge is 0.497 e. The molecule has 3 unspecified atom stereocenters.